The van der Waals surface area contributed by atoms with E-state index in [0.29, 0.717) is 23.6 Å². The van der Waals surface area contributed by atoms with Gasteiger partial charge in [0.2, 0.25) is 11.8 Å². The summed E-state index contributed by atoms with van der Waals surface area (Å²) in [5, 5.41) is 6.70. The molecule has 2 heterocycles. The van der Waals surface area contributed by atoms with Crippen molar-refractivity contribution in [2.24, 2.45) is 0 Å². The molecule has 162 valence electrons. The summed E-state index contributed by atoms with van der Waals surface area (Å²) in [6, 6.07) is 16.2. The molecule has 2 aromatic carbocycles. The zero-order valence-corrected chi connectivity index (χ0v) is 17.9. The Hall–Kier alpha value is -4.13. The number of aromatic nitrogens is 2. The molecule has 0 aliphatic rings. The molecule has 0 fully saturated rings. The highest BCUT2D eigenvalue weighted by Crippen LogP contribution is 2.27. The highest BCUT2D eigenvalue weighted by atomic mass is 16.5. The van der Waals surface area contributed by atoms with Crippen LogP contribution in [0, 0.1) is 6.92 Å². The maximum absolute atomic E-state index is 13.0. The Morgan fingerprint density at radius 3 is 2.72 bits per heavy atom. The normalized spacial score (nSPS) is 11.7. The fourth-order valence-corrected chi connectivity index (χ4v) is 3.58. The van der Waals surface area contributed by atoms with Crippen molar-refractivity contribution in [2.75, 3.05) is 5.32 Å². The fourth-order valence-electron chi connectivity index (χ4n) is 3.58. The van der Waals surface area contributed by atoms with Crippen molar-refractivity contribution in [2.45, 2.75) is 26.3 Å². The summed E-state index contributed by atoms with van der Waals surface area (Å²) >= 11 is 0. The predicted molar refractivity (Wildman–Crippen MR) is 124 cm³/mol. The van der Waals surface area contributed by atoms with E-state index in [-0.39, 0.29) is 11.8 Å². The average Bonchev–Trinajstić information content (AvgIpc) is 3.18. The van der Waals surface area contributed by atoms with Crippen LogP contribution >= 0.6 is 0 Å². The Kier molecular flexibility index (Phi) is 6.17. The number of aromatic amines is 1. The third-order valence-electron chi connectivity index (χ3n) is 5.10. The Labute approximate surface area is 185 Å². The molecule has 0 spiro atoms. The largest absolute Gasteiger partial charge is 0.455 e. The van der Waals surface area contributed by atoms with E-state index in [4.69, 9.17) is 4.74 Å². The van der Waals surface area contributed by atoms with Gasteiger partial charge in [0.15, 0.2) is 0 Å². The first-order chi connectivity index (χ1) is 15.5. The van der Waals surface area contributed by atoms with Gasteiger partial charge in [-0.3, -0.25) is 14.6 Å². The van der Waals surface area contributed by atoms with Crippen LogP contribution in [0.1, 0.15) is 18.1 Å². The van der Waals surface area contributed by atoms with E-state index in [2.05, 4.69) is 20.6 Å². The summed E-state index contributed by atoms with van der Waals surface area (Å²) in [5.74, 6) is 0.761. The molecule has 4 aromatic rings. The molecule has 32 heavy (non-hydrogen) atoms. The number of ether oxygens (including phenoxy) is 1. The average molecular weight is 428 g/mol. The Morgan fingerprint density at radius 2 is 1.97 bits per heavy atom. The molecule has 0 saturated heterocycles. The van der Waals surface area contributed by atoms with Crippen LogP contribution in [0.2, 0.25) is 0 Å². The quantitative estimate of drug-likeness (QED) is 0.408. The molecular formula is C25H24N4O3. The lowest BCUT2D eigenvalue weighted by Crippen LogP contribution is -2.44. The second kappa shape index (κ2) is 9.34. The zero-order valence-electron chi connectivity index (χ0n) is 17.9. The Balaban J connectivity index is 1.49. The minimum Gasteiger partial charge on any atom is -0.455 e. The predicted octanol–water partition coefficient (Wildman–Crippen LogP) is 4.35. The molecule has 0 saturated carbocycles. The molecule has 7 nitrogen and oxygen atoms in total. The Bertz CT molecular complexity index is 1250. The van der Waals surface area contributed by atoms with Crippen LogP contribution < -0.4 is 15.4 Å². The van der Waals surface area contributed by atoms with Crippen molar-refractivity contribution in [1.29, 1.82) is 0 Å². The van der Waals surface area contributed by atoms with Gasteiger partial charge in [-0.15, -0.1) is 0 Å². The van der Waals surface area contributed by atoms with Crippen molar-refractivity contribution >= 4 is 28.4 Å². The second-order valence-electron chi connectivity index (χ2n) is 7.58. The maximum Gasteiger partial charge on any atom is 0.247 e. The number of carbonyl (C=O) groups is 2. The first-order valence-corrected chi connectivity index (χ1v) is 10.3. The van der Waals surface area contributed by atoms with Gasteiger partial charge in [0.1, 0.15) is 17.5 Å². The van der Waals surface area contributed by atoms with E-state index >= 15 is 0 Å². The van der Waals surface area contributed by atoms with Gasteiger partial charge in [-0.05, 0) is 54.4 Å². The zero-order chi connectivity index (χ0) is 22.5. The SMILES string of the molecule is CC(=O)NC(Cc1c[nH]c2ccccc12)C(=O)Nc1ccc(Oc2cccnc2)c(C)c1. The van der Waals surface area contributed by atoms with Gasteiger partial charge < -0.3 is 20.4 Å². The molecule has 2 aromatic heterocycles. The fraction of sp³-hybridized carbons (Fsp3) is 0.160. The molecular weight excluding hydrogens is 404 g/mol. The van der Waals surface area contributed by atoms with Crippen LogP contribution in [0.15, 0.2) is 73.2 Å². The maximum atomic E-state index is 13.0. The monoisotopic (exact) mass is 428 g/mol. The highest BCUT2D eigenvalue weighted by Gasteiger charge is 2.22. The van der Waals surface area contributed by atoms with Gasteiger partial charge in [0.25, 0.3) is 0 Å². The number of amides is 2. The topological polar surface area (TPSA) is 96.1 Å². The summed E-state index contributed by atoms with van der Waals surface area (Å²) in [7, 11) is 0. The summed E-state index contributed by atoms with van der Waals surface area (Å²) in [4.78, 5) is 32.0. The van der Waals surface area contributed by atoms with Crippen molar-refractivity contribution in [3.63, 3.8) is 0 Å². The number of hydrogen-bond acceptors (Lipinski definition) is 4. The van der Waals surface area contributed by atoms with Crippen molar-refractivity contribution in [1.82, 2.24) is 15.3 Å². The molecule has 0 aliphatic carbocycles. The van der Waals surface area contributed by atoms with Gasteiger partial charge in [0.05, 0.1) is 6.20 Å². The first kappa shape index (κ1) is 21.1. The van der Waals surface area contributed by atoms with E-state index < -0.39 is 6.04 Å². The first-order valence-electron chi connectivity index (χ1n) is 10.3. The summed E-state index contributed by atoms with van der Waals surface area (Å²) in [6.07, 6.45) is 5.57. The molecule has 0 bridgehead atoms. The number of para-hydroxylation sites is 1. The molecule has 4 rings (SSSR count). The number of pyridine rings is 1. The van der Waals surface area contributed by atoms with Crippen LogP contribution in [0.3, 0.4) is 0 Å². The molecule has 3 N–H and O–H groups in total. The van der Waals surface area contributed by atoms with Gasteiger partial charge >= 0.3 is 0 Å². The molecule has 1 unspecified atom stereocenters. The van der Waals surface area contributed by atoms with E-state index in [1.165, 1.54) is 6.92 Å². The lowest BCUT2D eigenvalue weighted by Gasteiger charge is -2.18. The summed E-state index contributed by atoms with van der Waals surface area (Å²) in [6.45, 7) is 3.31. The number of carbonyl (C=O) groups excluding carboxylic acids is 2. The smallest absolute Gasteiger partial charge is 0.247 e. The lowest BCUT2D eigenvalue weighted by molar-refractivity contribution is -0.125. The van der Waals surface area contributed by atoms with E-state index in [0.717, 1.165) is 22.0 Å². The van der Waals surface area contributed by atoms with E-state index in [1.807, 2.05) is 49.5 Å². The van der Waals surface area contributed by atoms with Crippen molar-refractivity contribution in [3.8, 4) is 11.5 Å². The number of benzene rings is 2. The third-order valence-corrected chi connectivity index (χ3v) is 5.10. The van der Waals surface area contributed by atoms with Gasteiger partial charge in [-0.2, -0.15) is 0 Å². The number of H-pyrrole nitrogens is 1. The van der Waals surface area contributed by atoms with Gasteiger partial charge in [0, 0.05) is 42.3 Å². The van der Waals surface area contributed by atoms with Crippen molar-refractivity contribution < 1.29 is 14.3 Å². The molecule has 0 radical (unpaired) electrons. The number of rotatable bonds is 7. The molecule has 2 amide bonds. The van der Waals surface area contributed by atoms with Crippen LogP contribution in [0.4, 0.5) is 5.69 Å². The number of anilines is 1. The standard InChI is InChI=1S/C25H24N4O3/c1-16-12-19(9-10-24(16)32-20-6-5-11-26-15-20)29-25(31)23(28-17(2)30)13-18-14-27-22-8-4-3-7-21(18)22/h3-12,14-15,23,27H,13H2,1-2H3,(H,28,30)(H,29,31). The van der Waals surface area contributed by atoms with Crippen LogP contribution in [0.25, 0.3) is 10.9 Å². The minimum absolute atomic E-state index is 0.263. The minimum atomic E-state index is -0.710. The molecule has 1 atom stereocenters. The number of nitrogens with one attached hydrogen (secondary N) is 3. The number of aryl methyl sites for hydroxylation is 1. The summed E-state index contributed by atoms with van der Waals surface area (Å²) in [5.41, 5.74) is 3.44. The molecule has 0 aliphatic heterocycles. The van der Waals surface area contributed by atoms with Crippen LogP contribution in [0.5, 0.6) is 11.5 Å². The van der Waals surface area contributed by atoms with Crippen LogP contribution in [-0.2, 0) is 16.0 Å². The third kappa shape index (κ3) is 4.95. The van der Waals surface area contributed by atoms with E-state index in [9.17, 15) is 9.59 Å². The number of nitrogens with zero attached hydrogens (tertiary/aromatic N) is 1. The molecule has 7 heteroatoms. The Morgan fingerprint density at radius 1 is 1.12 bits per heavy atom. The van der Waals surface area contributed by atoms with E-state index in [1.54, 1.807) is 30.6 Å². The highest BCUT2D eigenvalue weighted by molar-refractivity contribution is 5.97. The summed E-state index contributed by atoms with van der Waals surface area (Å²) < 4.78 is 5.84. The second-order valence-corrected chi connectivity index (χ2v) is 7.58. The van der Waals surface area contributed by atoms with Gasteiger partial charge in [-0.25, -0.2) is 0 Å². The lowest BCUT2D eigenvalue weighted by atomic mass is 10.0. The van der Waals surface area contributed by atoms with Crippen LogP contribution in [-0.4, -0.2) is 27.8 Å². The van der Waals surface area contributed by atoms with Gasteiger partial charge in [-0.1, -0.05) is 18.2 Å². The number of fused-ring (bicyclic) bond motifs is 1. The number of hydrogen-bond donors (Lipinski definition) is 3. The van der Waals surface area contributed by atoms with Crippen molar-refractivity contribution in [3.05, 3.63) is 84.3 Å².